The third-order valence-corrected chi connectivity index (χ3v) is 2.28. The van der Waals surface area contributed by atoms with Gasteiger partial charge in [-0.2, -0.15) is 0 Å². The van der Waals surface area contributed by atoms with Gasteiger partial charge >= 0.3 is 0 Å². The first-order chi connectivity index (χ1) is 7.11. The highest BCUT2D eigenvalue weighted by atomic mass is 16.1. The van der Waals surface area contributed by atoms with Gasteiger partial charge in [0.05, 0.1) is 5.92 Å². The fourth-order valence-electron chi connectivity index (χ4n) is 1.42. The van der Waals surface area contributed by atoms with Gasteiger partial charge in [-0.15, -0.1) is 0 Å². The summed E-state index contributed by atoms with van der Waals surface area (Å²) in [6, 6.07) is 9.98. The van der Waals surface area contributed by atoms with E-state index in [-0.39, 0.29) is 11.8 Å². The van der Waals surface area contributed by atoms with Crippen molar-refractivity contribution in [1.29, 1.82) is 0 Å². The minimum Gasteiger partial charge on any atom is -0.369 e. The first-order valence-corrected chi connectivity index (χ1v) is 5.19. The molecule has 0 bridgehead atoms. The molecule has 1 aromatic carbocycles. The third kappa shape index (κ3) is 3.72. The summed E-state index contributed by atoms with van der Waals surface area (Å²) in [5.74, 6) is -0.525. The quantitative estimate of drug-likeness (QED) is 0.762. The van der Waals surface area contributed by atoms with Crippen LogP contribution in [-0.2, 0) is 4.79 Å². The van der Waals surface area contributed by atoms with Crippen LogP contribution in [0, 0.1) is 0 Å². The Morgan fingerprint density at radius 3 is 2.40 bits per heavy atom. The van der Waals surface area contributed by atoms with Gasteiger partial charge in [-0.25, -0.2) is 0 Å². The van der Waals surface area contributed by atoms with Crippen molar-refractivity contribution in [1.82, 2.24) is 5.32 Å². The van der Waals surface area contributed by atoms with E-state index in [1.54, 1.807) is 0 Å². The van der Waals surface area contributed by atoms with Crippen molar-refractivity contribution in [3.8, 4) is 0 Å². The summed E-state index contributed by atoms with van der Waals surface area (Å²) in [5.41, 5.74) is 6.35. The fourth-order valence-corrected chi connectivity index (χ4v) is 1.42. The zero-order chi connectivity index (χ0) is 11.3. The largest absolute Gasteiger partial charge is 0.369 e. The second kappa shape index (κ2) is 5.51. The molecule has 1 amide bonds. The Balaban J connectivity index is 2.71. The van der Waals surface area contributed by atoms with Gasteiger partial charge in [0.25, 0.3) is 0 Å². The van der Waals surface area contributed by atoms with Gasteiger partial charge in [0.1, 0.15) is 0 Å². The Hall–Kier alpha value is -1.35. The first kappa shape index (κ1) is 11.7. The number of amides is 1. The second-order valence-electron chi connectivity index (χ2n) is 3.93. The highest BCUT2D eigenvalue weighted by Gasteiger charge is 2.17. The van der Waals surface area contributed by atoms with Crippen LogP contribution in [0.2, 0.25) is 0 Å². The van der Waals surface area contributed by atoms with Crippen LogP contribution < -0.4 is 11.1 Å². The predicted octanol–water partition coefficient (Wildman–Crippen LogP) is 1.25. The molecule has 3 N–H and O–H groups in total. The number of benzene rings is 1. The van der Waals surface area contributed by atoms with Crippen LogP contribution in [0.4, 0.5) is 0 Å². The summed E-state index contributed by atoms with van der Waals surface area (Å²) in [6.45, 7) is 4.68. The Labute approximate surface area is 90.7 Å². The molecule has 0 saturated heterocycles. The van der Waals surface area contributed by atoms with Crippen molar-refractivity contribution in [3.63, 3.8) is 0 Å². The summed E-state index contributed by atoms with van der Waals surface area (Å²) in [6.07, 6.45) is 0. The van der Waals surface area contributed by atoms with Gasteiger partial charge in [-0.05, 0) is 5.56 Å². The first-order valence-electron chi connectivity index (χ1n) is 5.19. The molecule has 1 atom stereocenters. The number of nitrogens with two attached hydrogens (primary N) is 1. The molecule has 3 nitrogen and oxygen atoms in total. The highest BCUT2D eigenvalue weighted by molar-refractivity contribution is 5.82. The highest BCUT2D eigenvalue weighted by Crippen LogP contribution is 2.13. The molecule has 0 heterocycles. The Kier molecular flexibility index (Phi) is 4.31. The van der Waals surface area contributed by atoms with E-state index in [4.69, 9.17) is 5.73 Å². The van der Waals surface area contributed by atoms with Gasteiger partial charge in [-0.1, -0.05) is 44.2 Å². The minimum absolute atomic E-state index is 0.242. The summed E-state index contributed by atoms with van der Waals surface area (Å²) < 4.78 is 0. The number of nitrogens with one attached hydrogen (secondary N) is 1. The molecule has 0 aromatic heterocycles. The van der Waals surface area contributed by atoms with Crippen LogP contribution in [0.5, 0.6) is 0 Å². The van der Waals surface area contributed by atoms with Crippen molar-refractivity contribution in [2.75, 3.05) is 6.54 Å². The molecule has 0 aliphatic rings. The molecule has 3 heteroatoms. The molecule has 0 fully saturated rings. The van der Waals surface area contributed by atoms with Crippen LogP contribution in [-0.4, -0.2) is 18.5 Å². The summed E-state index contributed by atoms with van der Waals surface area (Å²) in [4.78, 5) is 11.3. The molecule has 15 heavy (non-hydrogen) atoms. The van der Waals surface area contributed by atoms with E-state index in [0.717, 1.165) is 5.56 Å². The van der Waals surface area contributed by atoms with E-state index in [1.807, 2.05) is 44.2 Å². The number of hydrogen-bond donors (Lipinski definition) is 2. The van der Waals surface area contributed by atoms with Crippen molar-refractivity contribution >= 4 is 5.91 Å². The van der Waals surface area contributed by atoms with E-state index in [0.29, 0.717) is 12.6 Å². The maximum atomic E-state index is 11.3. The summed E-state index contributed by atoms with van der Waals surface area (Å²) in [5, 5.41) is 3.22. The Bertz CT molecular complexity index is 309. The van der Waals surface area contributed by atoms with Gasteiger partial charge in [0, 0.05) is 12.6 Å². The molecule has 1 aromatic rings. The molecule has 1 rings (SSSR count). The van der Waals surface area contributed by atoms with E-state index >= 15 is 0 Å². The molecule has 0 aliphatic carbocycles. The molecule has 82 valence electrons. The maximum Gasteiger partial charge on any atom is 0.226 e. The van der Waals surface area contributed by atoms with Crippen LogP contribution in [0.15, 0.2) is 30.3 Å². The Morgan fingerprint density at radius 2 is 1.93 bits per heavy atom. The van der Waals surface area contributed by atoms with Crippen molar-refractivity contribution in [2.45, 2.75) is 25.8 Å². The molecule has 1 unspecified atom stereocenters. The zero-order valence-corrected chi connectivity index (χ0v) is 9.23. The number of hydrogen-bond acceptors (Lipinski definition) is 2. The maximum absolute atomic E-state index is 11.3. The fraction of sp³-hybridized carbons (Fsp3) is 0.417. The Morgan fingerprint density at radius 1 is 1.33 bits per heavy atom. The monoisotopic (exact) mass is 206 g/mol. The molecular weight excluding hydrogens is 188 g/mol. The SMILES string of the molecule is CC(C)NCC(C(N)=O)c1ccccc1. The van der Waals surface area contributed by atoms with Gasteiger partial charge in [0.2, 0.25) is 5.91 Å². The lowest BCUT2D eigenvalue weighted by molar-refractivity contribution is -0.119. The number of carbonyl (C=O) groups is 1. The van der Waals surface area contributed by atoms with Crippen molar-refractivity contribution in [2.24, 2.45) is 5.73 Å². The van der Waals surface area contributed by atoms with Crippen LogP contribution >= 0.6 is 0 Å². The zero-order valence-electron chi connectivity index (χ0n) is 9.23. The number of primary amides is 1. The standard InChI is InChI=1S/C12H18N2O/c1-9(2)14-8-11(12(13)15)10-6-4-3-5-7-10/h3-7,9,11,14H,8H2,1-2H3,(H2,13,15). The average molecular weight is 206 g/mol. The number of rotatable bonds is 5. The molecule has 0 radical (unpaired) electrons. The lowest BCUT2D eigenvalue weighted by atomic mass is 9.98. The number of carbonyl (C=O) groups excluding carboxylic acids is 1. The lowest BCUT2D eigenvalue weighted by Gasteiger charge is -2.16. The molecule has 0 aliphatic heterocycles. The van der Waals surface area contributed by atoms with Crippen molar-refractivity contribution < 1.29 is 4.79 Å². The van der Waals surface area contributed by atoms with Gasteiger partial charge in [0.15, 0.2) is 0 Å². The summed E-state index contributed by atoms with van der Waals surface area (Å²) >= 11 is 0. The topological polar surface area (TPSA) is 55.1 Å². The second-order valence-corrected chi connectivity index (χ2v) is 3.93. The average Bonchev–Trinajstić information content (AvgIpc) is 2.18. The molecule has 0 spiro atoms. The smallest absolute Gasteiger partial charge is 0.226 e. The van der Waals surface area contributed by atoms with E-state index in [1.165, 1.54) is 0 Å². The van der Waals surface area contributed by atoms with Crippen LogP contribution in [0.3, 0.4) is 0 Å². The van der Waals surface area contributed by atoms with E-state index < -0.39 is 0 Å². The third-order valence-electron chi connectivity index (χ3n) is 2.28. The van der Waals surface area contributed by atoms with Gasteiger partial charge < -0.3 is 11.1 Å². The van der Waals surface area contributed by atoms with E-state index in [2.05, 4.69) is 5.32 Å². The normalized spacial score (nSPS) is 12.7. The van der Waals surface area contributed by atoms with Crippen LogP contribution in [0.25, 0.3) is 0 Å². The van der Waals surface area contributed by atoms with Crippen LogP contribution in [0.1, 0.15) is 25.3 Å². The molecule has 0 saturated carbocycles. The minimum atomic E-state index is -0.283. The van der Waals surface area contributed by atoms with Gasteiger partial charge in [-0.3, -0.25) is 4.79 Å². The van der Waals surface area contributed by atoms with Crippen molar-refractivity contribution in [3.05, 3.63) is 35.9 Å². The molecular formula is C12H18N2O. The van der Waals surface area contributed by atoms with E-state index in [9.17, 15) is 4.79 Å². The predicted molar refractivity (Wildman–Crippen MR) is 61.5 cm³/mol. The summed E-state index contributed by atoms with van der Waals surface area (Å²) in [7, 11) is 0. The lowest BCUT2D eigenvalue weighted by Crippen LogP contribution is -2.34.